The van der Waals surface area contributed by atoms with Crippen LogP contribution in [0.4, 0.5) is 0 Å². The second kappa shape index (κ2) is 7.74. The topological polar surface area (TPSA) is 58.4 Å². The fourth-order valence-corrected chi connectivity index (χ4v) is 2.26. The molecule has 0 radical (unpaired) electrons. The summed E-state index contributed by atoms with van der Waals surface area (Å²) >= 11 is 0. The van der Waals surface area contributed by atoms with E-state index in [0.29, 0.717) is 19.0 Å². The van der Waals surface area contributed by atoms with Crippen molar-refractivity contribution in [3.05, 3.63) is 0 Å². The Bertz CT molecular complexity index is 249. The second-order valence-electron chi connectivity index (χ2n) is 6.68. The SMILES string of the molecule is CC(C)CC(CN)C(=O)NCC(C)(C)CN(C)C. The van der Waals surface area contributed by atoms with Gasteiger partial charge in [0, 0.05) is 19.6 Å². The van der Waals surface area contributed by atoms with E-state index in [1.54, 1.807) is 0 Å². The molecule has 0 rings (SSSR count). The molecule has 0 aromatic rings. The number of nitrogens with one attached hydrogen (secondary N) is 1. The molecule has 0 bridgehead atoms. The molecule has 0 heterocycles. The zero-order valence-electron chi connectivity index (χ0n) is 12.9. The molecule has 0 saturated heterocycles. The van der Waals surface area contributed by atoms with Crippen molar-refractivity contribution in [3.63, 3.8) is 0 Å². The minimum absolute atomic E-state index is 0.0554. The molecule has 0 aromatic carbocycles. The molecule has 0 aromatic heterocycles. The number of carbonyl (C=O) groups is 1. The smallest absolute Gasteiger partial charge is 0.224 e. The normalized spacial score (nSPS) is 14.1. The van der Waals surface area contributed by atoms with Crippen molar-refractivity contribution in [3.8, 4) is 0 Å². The van der Waals surface area contributed by atoms with Crippen LogP contribution in [0.25, 0.3) is 0 Å². The summed E-state index contributed by atoms with van der Waals surface area (Å²) in [5.41, 5.74) is 5.75. The first kappa shape index (κ1) is 17.4. The minimum atomic E-state index is -0.0554. The van der Waals surface area contributed by atoms with Gasteiger partial charge in [-0.3, -0.25) is 4.79 Å². The molecule has 0 fully saturated rings. The van der Waals surface area contributed by atoms with E-state index in [9.17, 15) is 4.79 Å². The van der Waals surface area contributed by atoms with Gasteiger partial charge in [-0.2, -0.15) is 0 Å². The van der Waals surface area contributed by atoms with Crippen LogP contribution < -0.4 is 11.1 Å². The Labute approximate surface area is 112 Å². The van der Waals surface area contributed by atoms with Crippen molar-refractivity contribution in [2.75, 3.05) is 33.7 Å². The van der Waals surface area contributed by atoms with E-state index in [1.165, 1.54) is 0 Å². The van der Waals surface area contributed by atoms with Crippen molar-refractivity contribution in [1.29, 1.82) is 0 Å². The predicted molar refractivity (Wildman–Crippen MR) is 77.3 cm³/mol. The quantitative estimate of drug-likeness (QED) is 0.689. The van der Waals surface area contributed by atoms with E-state index in [0.717, 1.165) is 13.0 Å². The first-order valence-electron chi connectivity index (χ1n) is 6.80. The second-order valence-corrected chi connectivity index (χ2v) is 6.68. The van der Waals surface area contributed by atoms with E-state index >= 15 is 0 Å². The van der Waals surface area contributed by atoms with Gasteiger partial charge in [0.1, 0.15) is 0 Å². The number of nitrogens with two attached hydrogens (primary N) is 1. The molecule has 18 heavy (non-hydrogen) atoms. The van der Waals surface area contributed by atoms with Gasteiger partial charge >= 0.3 is 0 Å². The summed E-state index contributed by atoms with van der Waals surface area (Å²) in [6.45, 7) is 10.6. The van der Waals surface area contributed by atoms with Crippen LogP contribution in [0.2, 0.25) is 0 Å². The highest BCUT2D eigenvalue weighted by atomic mass is 16.1. The maximum atomic E-state index is 12.0. The summed E-state index contributed by atoms with van der Waals surface area (Å²) in [6.07, 6.45) is 0.858. The lowest BCUT2D eigenvalue weighted by molar-refractivity contribution is -0.125. The Kier molecular flexibility index (Phi) is 7.48. The molecule has 1 atom stereocenters. The van der Waals surface area contributed by atoms with E-state index < -0.39 is 0 Å². The average Bonchev–Trinajstić information content (AvgIpc) is 2.20. The molecule has 0 aliphatic heterocycles. The van der Waals surface area contributed by atoms with E-state index in [4.69, 9.17) is 5.73 Å². The van der Waals surface area contributed by atoms with Gasteiger partial charge in [-0.25, -0.2) is 0 Å². The largest absolute Gasteiger partial charge is 0.355 e. The molecule has 4 heteroatoms. The maximum Gasteiger partial charge on any atom is 0.224 e. The van der Waals surface area contributed by atoms with Crippen molar-refractivity contribution in [2.45, 2.75) is 34.1 Å². The predicted octanol–water partition coefficient (Wildman–Crippen LogP) is 1.31. The molecule has 3 N–H and O–H groups in total. The summed E-state index contributed by atoms with van der Waals surface area (Å²) in [4.78, 5) is 14.2. The van der Waals surface area contributed by atoms with Crippen LogP contribution in [-0.4, -0.2) is 44.5 Å². The zero-order valence-corrected chi connectivity index (χ0v) is 12.9. The fraction of sp³-hybridized carbons (Fsp3) is 0.929. The lowest BCUT2D eigenvalue weighted by Gasteiger charge is -2.29. The summed E-state index contributed by atoms with van der Waals surface area (Å²) in [5.74, 6) is 0.539. The highest BCUT2D eigenvalue weighted by Crippen LogP contribution is 2.15. The van der Waals surface area contributed by atoms with Gasteiger partial charge in [-0.15, -0.1) is 0 Å². The number of carbonyl (C=O) groups excluding carboxylic acids is 1. The molecule has 1 amide bonds. The van der Waals surface area contributed by atoms with Crippen molar-refractivity contribution >= 4 is 5.91 Å². The zero-order chi connectivity index (χ0) is 14.3. The molecule has 0 saturated carbocycles. The Hall–Kier alpha value is -0.610. The minimum Gasteiger partial charge on any atom is -0.355 e. The molecule has 108 valence electrons. The molecule has 1 unspecified atom stereocenters. The first-order chi connectivity index (χ1) is 8.18. The Morgan fingerprint density at radius 3 is 2.28 bits per heavy atom. The fourth-order valence-electron chi connectivity index (χ4n) is 2.26. The van der Waals surface area contributed by atoms with Crippen molar-refractivity contribution < 1.29 is 4.79 Å². The highest BCUT2D eigenvalue weighted by Gasteiger charge is 2.23. The third-order valence-electron chi connectivity index (χ3n) is 2.90. The summed E-state index contributed by atoms with van der Waals surface area (Å²) in [5, 5.41) is 3.04. The third kappa shape index (κ3) is 7.67. The number of amides is 1. The van der Waals surface area contributed by atoms with Crippen LogP contribution in [0.15, 0.2) is 0 Å². The van der Waals surface area contributed by atoms with E-state index in [-0.39, 0.29) is 17.2 Å². The van der Waals surface area contributed by atoms with Gasteiger partial charge in [0.15, 0.2) is 0 Å². The Balaban J connectivity index is 4.22. The van der Waals surface area contributed by atoms with Crippen LogP contribution in [-0.2, 0) is 4.79 Å². The molecule has 4 nitrogen and oxygen atoms in total. The van der Waals surface area contributed by atoms with Gasteiger partial charge in [0.05, 0.1) is 5.92 Å². The summed E-state index contributed by atoms with van der Waals surface area (Å²) in [6, 6.07) is 0. The lowest BCUT2D eigenvalue weighted by Crippen LogP contribution is -2.43. The molecule has 0 spiro atoms. The Morgan fingerprint density at radius 2 is 1.89 bits per heavy atom. The lowest BCUT2D eigenvalue weighted by atomic mass is 9.91. The van der Waals surface area contributed by atoms with Gasteiger partial charge in [-0.1, -0.05) is 27.7 Å². The van der Waals surface area contributed by atoms with Crippen LogP contribution >= 0.6 is 0 Å². The number of nitrogens with zero attached hydrogens (tertiary/aromatic N) is 1. The van der Waals surface area contributed by atoms with Crippen LogP contribution in [0.5, 0.6) is 0 Å². The monoisotopic (exact) mass is 257 g/mol. The Morgan fingerprint density at radius 1 is 1.33 bits per heavy atom. The molecular weight excluding hydrogens is 226 g/mol. The third-order valence-corrected chi connectivity index (χ3v) is 2.90. The summed E-state index contributed by atoms with van der Waals surface area (Å²) < 4.78 is 0. The standard InChI is InChI=1S/C14H31N3O/c1-11(2)7-12(8-15)13(18)16-9-14(3,4)10-17(5)6/h11-12H,7-10,15H2,1-6H3,(H,16,18). The van der Waals surface area contributed by atoms with Crippen molar-refractivity contribution in [1.82, 2.24) is 10.2 Å². The molecular formula is C14H31N3O. The van der Waals surface area contributed by atoms with Gasteiger partial charge in [0.25, 0.3) is 0 Å². The van der Waals surface area contributed by atoms with Gasteiger partial charge in [-0.05, 0) is 31.8 Å². The van der Waals surface area contributed by atoms with Crippen LogP contribution in [0, 0.1) is 17.3 Å². The first-order valence-corrected chi connectivity index (χ1v) is 6.80. The molecule has 0 aliphatic carbocycles. The van der Waals surface area contributed by atoms with Gasteiger partial charge < -0.3 is 16.0 Å². The molecule has 0 aliphatic rings. The number of hydrogen-bond acceptors (Lipinski definition) is 3. The van der Waals surface area contributed by atoms with Gasteiger partial charge in [0.2, 0.25) is 5.91 Å². The average molecular weight is 257 g/mol. The number of hydrogen-bond donors (Lipinski definition) is 2. The van der Waals surface area contributed by atoms with Crippen LogP contribution in [0.1, 0.15) is 34.1 Å². The highest BCUT2D eigenvalue weighted by molar-refractivity contribution is 5.78. The van der Waals surface area contributed by atoms with Crippen LogP contribution in [0.3, 0.4) is 0 Å². The number of rotatable bonds is 8. The van der Waals surface area contributed by atoms with E-state index in [2.05, 4.69) is 37.9 Å². The summed E-state index contributed by atoms with van der Waals surface area (Å²) in [7, 11) is 4.09. The van der Waals surface area contributed by atoms with E-state index in [1.807, 2.05) is 14.1 Å². The maximum absolute atomic E-state index is 12.0. The van der Waals surface area contributed by atoms with Crippen molar-refractivity contribution in [2.24, 2.45) is 23.0 Å².